The second-order valence-electron chi connectivity index (χ2n) is 7.25. The summed E-state index contributed by atoms with van der Waals surface area (Å²) in [5.41, 5.74) is 7.12. The summed E-state index contributed by atoms with van der Waals surface area (Å²) >= 11 is 0. The maximum atomic E-state index is 13.2. The molecule has 2 atom stereocenters. The Morgan fingerprint density at radius 1 is 1.31 bits per heavy atom. The second-order valence-corrected chi connectivity index (χ2v) is 7.25. The summed E-state index contributed by atoms with van der Waals surface area (Å²) in [5.74, 6) is 0.369. The number of aromatic hydroxyl groups is 1. The first kappa shape index (κ1) is 19.1. The summed E-state index contributed by atoms with van der Waals surface area (Å²) in [7, 11) is 3.79. The normalized spacial score (nSPS) is 24.7. The van der Waals surface area contributed by atoms with E-state index in [1.165, 1.54) is 0 Å². The molecule has 2 fully saturated rings. The molecule has 2 unspecified atom stereocenters. The van der Waals surface area contributed by atoms with Gasteiger partial charge < -0.3 is 19.6 Å². The highest BCUT2D eigenvalue weighted by Crippen LogP contribution is 2.30. The van der Waals surface area contributed by atoms with Crippen LogP contribution in [-0.4, -0.2) is 73.3 Å². The summed E-state index contributed by atoms with van der Waals surface area (Å²) < 4.78 is 5.23. The van der Waals surface area contributed by atoms with Crippen molar-refractivity contribution < 1.29 is 14.6 Å². The van der Waals surface area contributed by atoms with Gasteiger partial charge in [-0.2, -0.15) is 0 Å². The predicted octanol–water partition coefficient (Wildman–Crippen LogP) is 0.869. The Kier molecular flexibility index (Phi) is 6.48. The minimum atomic E-state index is -0.295. The summed E-state index contributed by atoms with van der Waals surface area (Å²) in [5, 5.41) is 10.1. The van der Waals surface area contributed by atoms with E-state index in [9.17, 15) is 9.90 Å². The van der Waals surface area contributed by atoms with Crippen LogP contribution in [0.15, 0.2) is 24.3 Å². The Balaban J connectivity index is 1.66. The zero-order valence-corrected chi connectivity index (χ0v) is 15.6. The number of ether oxygens (including phenoxy) is 1. The predicted molar refractivity (Wildman–Crippen MR) is 99.6 cm³/mol. The van der Waals surface area contributed by atoms with Crippen LogP contribution in [0, 0.1) is 0 Å². The van der Waals surface area contributed by atoms with E-state index in [0.717, 1.165) is 31.5 Å². The molecule has 3 rings (SSSR count). The SMILES string of the molecule is COCCN(C(=O)C1CC(c2ccccc2O)NN1)C1CCN(C)CC1. The van der Waals surface area contributed by atoms with Gasteiger partial charge in [-0.15, -0.1) is 0 Å². The molecule has 0 bridgehead atoms. The van der Waals surface area contributed by atoms with Gasteiger partial charge in [0.05, 0.1) is 12.6 Å². The third-order valence-corrected chi connectivity index (χ3v) is 5.46. The fraction of sp³-hybridized carbons (Fsp3) is 0.632. The largest absolute Gasteiger partial charge is 0.508 e. The number of piperidine rings is 1. The van der Waals surface area contributed by atoms with Crippen molar-refractivity contribution in [1.29, 1.82) is 0 Å². The number of carbonyl (C=O) groups excluding carboxylic acids is 1. The van der Waals surface area contributed by atoms with Crippen LogP contribution >= 0.6 is 0 Å². The number of hydrogen-bond donors (Lipinski definition) is 3. The minimum absolute atomic E-state index is 0.0769. The first-order valence-corrected chi connectivity index (χ1v) is 9.37. The van der Waals surface area contributed by atoms with Crippen LogP contribution in [0.4, 0.5) is 0 Å². The highest BCUT2D eigenvalue weighted by atomic mass is 16.5. The van der Waals surface area contributed by atoms with Crippen molar-refractivity contribution in [2.24, 2.45) is 0 Å². The number of rotatable bonds is 6. The van der Waals surface area contributed by atoms with E-state index in [2.05, 4.69) is 22.8 Å². The van der Waals surface area contributed by atoms with Crippen molar-refractivity contribution in [3.63, 3.8) is 0 Å². The van der Waals surface area contributed by atoms with Gasteiger partial charge in [-0.3, -0.25) is 4.79 Å². The van der Waals surface area contributed by atoms with Gasteiger partial charge in [-0.05, 0) is 45.5 Å². The van der Waals surface area contributed by atoms with Crippen LogP contribution in [0.1, 0.15) is 30.9 Å². The van der Waals surface area contributed by atoms with Gasteiger partial charge in [0.2, 0.25) is 5.91 Å². The molecule has 2 saturated heterocycles. The van der Waals surface area contributed by atoms with Crippen LogP contribution in [0.5, 0.6) is 5.75 Å². The Morgan fingerprint density at radius 3 is 2.73 bits per heavy atom. The number of para-hydroxylation sites is 1. The van der Waals surface area contributed by atoms with Crippen LogP contribution in [0.2, 0.25) is 0 Å². The molecule has 2 aliphatic heterocycles. The molecule has 0 spiro atoms. The van der Waals surface area contributed by atoms with E-state index in [4.69, 9.17) is 4.74 Å². The lowest BCUT2D eigenvalue weighted by atomic mass is 9.98. The fourth-order valence-electron chi connectivity index (χ4n) is 3.87. The Hall–Kier alpha value is -1.67. The molecule has 1 aromatic carbocycles. The third-order valence-electron chi connectivity index (χ3n) is 5.46. The number of hydrazine groups is 1. The highest BCUT2D eigenvalue weighted by molar-refractivity contribution is 5.82. The highest BCUT2D eigenvalue weighted by Gasteiger charge is 2.36. The van der Waals surface area contributed by atoms with E-state index in [1.807, 2.05) is 17.0 Å². The Morgan fingerprint density at radius 2 is 2.04 bits per heavy atom. The second kappa shape index (κ2) is 8.81. The number of methoxy groups -OCH3 is 1. The quantitative estimate of drug-likeness (QED) is 0.697. The molecule has 7 heteroatoms. The zero-order valence-electron chi connectivity index (χ0n) is 15.6. The first-order chi connectivity index (χ1) is 12.6. The number of carbonyl (C=O) groups is 1. The molecular weight excluding hydrogens is 332 g/mol. The first-order valence-electron chi connectivity index (χ1n) is 9.37. The van der Waals surface area contributed by atoms with Gasteiger partial charge in [0.15, 0.2) is 0 Å². The molecule has 0 aromatic heterocycles. The van der Waals surface area contributed by atoms with Gasteiger partial charge >= 0.3 is 0 Å². The van der Waals surface area contributed by atoms with Crippen molar-refractivity contribution in [1.82, 2.24) is 20.7 Å². The molecule has 0 radical (unpaired) electrons. The number of phenolic OH excluding ortho intramolecular Hbond substituents is 1. The molecular formula is C19H30N4O3. The van der Waals surface area contributed by atoms with E-state index in [0.29, 0.717) is 19.6 Å². The van der Waals surface area contributed by atoms with Crippen LogP contribution in [0.25, 0.3) is 0 Å². The molecule has 3 N–H and O–H groups in total. The van der Waals surface area contributed by atoms with Crippen molar-refractivity contribution in [2.75, 3.05) is 40.4 Å². The number of hydrogen-bond acceptors (Lipinski definition) is 6. The number of nitrogens with zero attached hydrogens (tertiary/aromatic N) is 2. The molecule has 1 aromatic rings. The molecule has 0 aliphatic carbocycles. The topological polar surface area (TPSA) is 77.1 Å². The zero-order chi connectivity index (χ0) is 18.5. The van der Waals surface area contributed by atoms with E-state index in [1.54, 1.807) is 19.2 Å². The lowest BCUT2D eigenvalue weighted by Gasteiger charge is -2.38. The number of benzene rings is 1. The smallest absolute Gasteiger partial charge is 0.241 e. The van der Waals surface area contributed by atoms with Crippen molar-refractivity contribution in [3.05, 3.63) is 29.8 Å². The van der Waals surface area contributed by atoms with E-state index in [-0.39, 0.29) is 29.8 Å². The molecule has 0 saturated carbocycles. The summed E-state index contributed by atoms with van der Waals surface area (Å²) in [6.07, 6.45) is 2.61. The number of likely N-dealkylation sites (tertiary alicyclic amines) is 1. The molecule has 2 aliphatic rings. The summed E-state index contributed by atoms with van der Waals surface area (Å²) in [6.45, 7) is 3.18. The minimum Gasteiger partial charge on any atom is -0.508 e. The van der Waals surface area contributed by atoms with Crippen LogP contribution in [0.3, 0.4) is 0 Å². The molecule has 144 valence electrons. The Bertz CT molecular complexity index is 604. The molecule has 1 amide bonds. The van der Waals surface area contributed by atoms with Crippen LogP contribution < -0.4 is 10.9 Å². The monoisotopic (exact) mass is 362 g/mol. The van der Waals surface area contributed by atoms with Gasteiger partial charge in [0.1, 0.15) is 11.8 Å². The maximum absolute atomic E-state index is 13.2. The molecule has 2 heterocycles. The van der Waals surface area contributed by atoms with Gasteiger partial charge in [0.25, 0.3) is 0 Å². The molecule has 7 nitrogen and oxygen atoms in total. The van der Waals surface area contributed by atoms with Crippen molar-refractivity contribution in [3.8, 4) is 5.75 Å². The maximum Gasteiger partial charge on any atom is 0.241 e. The van der Waals surface area contributed by atoms with E-state index < -0.39 is 0 Å². The standard InChI is InChI=1S/C19H30N4O3/c1-22-9-7-14(8-10-22)23(11-12-26-2)19(25)17-13-16(20-21-17)15-5-3-4-6-18(15)24/h3-6,14,16-17,20-21,24H,7-13H2,1-2H3. The van der Waals surface area contributed by atoms with Crippen molar-refractivity contribution in [2.45, 2.75) is 37.4 Å². The van der Waals surface area contributed by atoms with Gasteiger partial charge in [-0.25, -0.2) is 10.9 Å². The number of amides is 1. The summed E-state index contributed by atoms with van der Waals surface area (Å²) in [4.78, 5) is 17.5. The van der Waals surface area contributed by atoms with Crippen LogP contribution in [-0.2, 0) is 9.53 Å². The Labute approximate surface area is 155 Å². The average molecular weight is 362 g/mol. The lowest BCUT2D eigenvalue weighted by molar-refractivity contribution is -0.137. The van der Waals surface area contributed by atoms with Crippen molar-refractivity contribution >= 4 is 5.91 Å². The number of nitrogens with one attached hydrogen (secondary N) is 2. The van der Waals surface area contributed by atoms with E-state index >= 15 is 0 Å². The lowest BCUT2D eigenvalue weighted by Crippen LogP contribution is -2.53. The van der Waals surface area contributed by atoms with Gasteiger partial charge in [0, 0.05) is 25.3 Å². The summed E-state index contributed by atoms with van der Waals surface area (Å²) in [6, 6.07) is 7.16. The molecule has 26 heavy (non-hydrogen) atoms. The fourth-order valence-corrected chi connectivity index (χ4v) is 3.87. The number of phenols is 1. The average Bonchev–Trinajstić information content (AvgIpc) is 3.13. The third kappa shape index (κ3) is 4.35. The van der Waals surface area contributed by atoms with Gasteiger partial charge in [-0.1, -0.05) is 18.2 Å².